The molecule has 3 aromatic rings. The Hall–Kier alpha value is -2.79. The first-order chi connectivity index (χ1) is 12.1. The van der Waals surface area contributed by atoms with Crippen LogP contribution in [0.2, 0.25) is 5.15 Å². The Labute approximate surface area is 150 Å². The van der Waals surface area contributed by atoms with E-state index in [0.717, 1.165) is 16.5 Å². The van der Waals surface area contributed by atoms with E-state index in [-0.39, 0.29) is 11.1 Å². The van der Waals surface area contributed by atoms with Gasteiger partial charge in [-0.2, -0.15) is 0 Å². The number of benzene rings is 2. The van der Waals surface area contributed by atoms with E-state index >= 15 is 0 Å². The van der Waals surface area contributed by atoms with Crippen molar-refractivity contribution in [1.82, 2.24) is 4.98 Å². The summed E-state index contributed by atoms with van der Waals surface area (Å²) >= 11 is 5.95. The summed E-state index contributed by atoms with van der Waals surface area (Å²) in [7, 11) is 1.62. The average Bonchev–Trinajstić information content (AvgIpc) is 2.62. The molecular formula is C19H17ClN2O3. The number of carbonyl (C=O) groups is 1. The second-order valence-corrected chi connectivity index (χ2v) is 5.82. The number of anilines is 1. The molecule has 5 nitrogen and oxygen atoms in total. The fraction of sp³-hybridized carbons (Fsp3) is 0.158. The number of hydrogen-bond acceptors (Lipinski definition) is 4. The van der Waals surface area contributed by atoms with Gasteiger partial charge in [0.2, 0.25) is 0 Å². The smallest absolute Gasteiger partial charge is 0.265 e. The van der Waals surface area contributed by atoms with Crippen LogP contribution in [0.5, 0.6) is 11.5 Å². The van der Waals surface area contributed by atoms with Gasteiger partial charge in [0.1, 0.15) is 11.5 Å². The molecule has 128 valence electrons. The Kier molecular flexibility index (Phi) is 5.05. The molecule has 1 heterocycles. The molecule has 2 aromatic carbocycles. The van der Waals surface area contributed by atoms with Gasteiger partial charge < -0.3 is 14.8 Å². The van der Waals surface area contributed by atoms with E-state index in [4.69, 9.17) is 21.1 Å². The number of halogens is 1. The zero-order valence-corrected chi connectivity index (χ0v) is 14.6. The van der Waals surface area contributed by atoms with E-state index in [0.29, 0.717) is 11.4 Å². The monoisotopic (exact) mass is 356 g/mol. The quantitative estimate of drug-likeness (QED) is 0.692. The van der Waals surface area contributed by atoms with Gasteiger partial charge >= 0.3 is 0 Å². The van der Waals surface area contributed by atoms with Crippen LogP contribution < -0.4 is 14.8 Å². The molecular weight excluding hydrogens is 340 g/mol. The molecule has 1 amide bonds. The zero-order chi connectivity index (χ0) is 17.8. The van der Waals surface area contributed by atoms with E-state index in [9.17, 15) is 4.79 Å². The Morgan fingerprint density at radius 2 is 1.84 bits per heavy atom. The lowest BCUT2D eigenvalue weighted by Gasteiger charge is -2.15. The van der Waals surface area contributed by atoms with Crippen LogP contribution in [0, 0.1) is 0 Å². The van der Waals surface area contributed by atoms with Gasteiger partial charge in [-0.15, -0.1) is 0 Å². The summed E-state index contributed by atoms with van der Waals surface area (Å²) in [5, 5.41) is 4.98. The van der Waals surface area contributed by atoms with Crippen molar-refractivity contribution in [2.45, 2.75) is 13.0 Å². The Bertz CT molecular complexity index is 914. The number of fused-ring (bicyclic) bond motifs is 1. The van der Waals surface area contributed by atoms with Crippen molar-refractivity contribution in [3.63, 3.8) is 0 Å². The Morgan fingerprint density at radius 3 is 2.56 bits per heavy atom. The molecule has 3 rings (SSSR count). The molecule has 0 bridgehead atoms. The maximum atomic E-state index is 12.3. The van der Waals surface area contributed by atoms with Gasteiger partial charge in [-0.1, -0.05) is 23.7 Å². The van der Waals surface area contributed by atoms with Crippen LogP contribution >= 0.6 is 11.6 Å². The van der Waals surface area contributed by atoms with E-state index < -0.39 is 6.10 Å². The highest BCUT2D eigenvalue weighted by Crippen LogP contribution is 2.26. The minimum Gasteiger partial charge on any atom is -0.497 e. The van der Waals surface area contributed by atoms with Crippen LogP contribution in [0.1, 0.15) is 6.92 Å². The third kappa shape index (κ3) is 4.00. The van der Waals surface area contributed by atoms with Crippen molar-refractivity contribution < 1.29 is 14.3 Å². The largest absolute Gasteiger partial charge is 0.497 e. The third-order valence-electron chi connectivity index (χ3n) is 3.72. The highest BCUT2D eigenvalue weighted by atomic mass is 35.5. The van der Waals surface area contributed by atoms with E-state index in [1.165, 1.54) is 0 Å². The molecule has 1 N–H and O–H groups in total. The summed E-state index contributed by atoms with van der Waals surface area (Å²) in [4.78, 5) is 16.2. The number of methoxy groups -OCH3 is 1. The molecule has 1 atom stereocenters. The number of hydrogen-bond donors (Lipinski definition) is 1. The number of carbonyl (C=O) groups excluding carboxylic acids is 1. The summed E-state index contributed by atoms with van der Waals surface area (Å²) < 4.78 is 11.0. The van der Waals surface area contributed by atoms with Crippen molar-refractivity contribution in [3.8, 4) is 11.5 Å². The van der Waals surface area contributed by atoms with Crippen molar-refractivity contribution >= 4 is 34.0 Å². The number of pyridine rings is 1. The number of amides is 1. The summed E-state index contributed by atoms with van der Waals surface area (Å²) in [6, 6.07) is 14.8. The zero-order valence-electron chi connectivity index (χ0n) is 13.8. The third-order valence-corrected chi connectivity index (χ3v) is 4.02. The lowest BCUT2D eigenvalue weighted by molar-refractivity contribution is -0.122. The highest BCUT2D eigenvalue weighted by molar-refractivity contribution is 6.32. The first-order valence-electron chi connectivity index (χ1n) is 7.72. The average molecular weight is 357 g/mol. The molecule has 0 aliphatic carbocycles. The molecule has 0 unspecified atom stereocenters. The molecule has 0 saturated carbocycles. The minimum atomic E-state index is -0.695. The topological polar surface area (TPSA) is 60.5 Å². The maximum absolute atomic E-state index is 12.3. The van der Waals surface area contributed by atoms with Crippen LogP contribution in [-0.4, -0.2) is 24.1 Å². The van der Waals surface area contributed by atoms with Crippen molar-refractivity contribution in [2.24, 2.45) is 0 Å². The molecule has 1 aromatic heterocycles. The molecule has 0 spiro atoms. The summed E-state index contributed by atoms with van der Waals surface area (Å²) in [6.07, 6.45) is 0.862. The normalized spacial score (nSPS) is 11.8. The van der Waals surface area contributed by atoms with Crippen LogP contribution in [0.3, 0.4) is 0 Å². The Balaban J connectivity index is 1.73. The van der Waals surface area contributed by atoms with Crippen molar-refractivity contribution in [2.75, 3.05) is 12.4 Å². The highest BCUT2D eigenvalue weighted by Gasteiger charge is 2.16. The summed E-state index contributed by atoms with van der Waals surface area (Å²) in [5.41, 5.74) is 0.452. The summed E-state index contributed by atoms with van der Waals surface area (Å²) in [5.74, 6) is 1.06. The maximum Gasteiger partial charge on any atom is 0.265 e. The van der Waals surface area contributed by atoms with E-state index in [1.54, 1.807) is 32.4 Å². The van der Waals surface area contributed by atoms with Crippen LogP contribution in [-0.2, 0) is 4.79 Å². The number of nitrogens with one attached hydrogen (secondary N) is 1. The number of nitrogens with zero attached hydrogens (tertiary/aromatic N) is 1. The minimum absolute atomic E-state index is 0.237. The molecule has 0 radical (unpaired) electrons. The molecule has 0 saturated heterocycles. The van der Waals surface area contributed by atoms with E-state index in [1.807, 2.05) is 36.4 Å². The Morgan fingerprint density at radius 1 is 1.12 bits per heavy atom. The van der Waals surface area contributed by atoms with Gasteiger partial charge in [0.05, 0.1) is 12.8 Å². The molecule has 0 aliphatic heterocycles. The fourth-order valence-electron chi connectivity index (χ4n) is 2.37. The predicted molar refractivity (Wildman–Crippen MR) is 98.5 cm³/mol. The summed E-state index contributed by atoms with van der Waals surface area (Å²) in [6.45, 7) is 1.68. The van der Waals surface area contributed by atoms with Gasteiger partial charge in [0.15, 0.2) is 11.3 Å². The van der Waals surface area contributed by atoms with Gasteiger partial charge in [0, 0.05) is 6.20 Å². The molecule has 6 heteroatoms. The predicted octanol–water partition coefficient (Wildman–Crippen LogP) is 4.30. The van der Waals surface area contributed by atoms with Gasteiger partial charge in [0.25, 0.3) is 5.91 Å². The van der Waals surface area contributed by atoms with Gasteiger partial charge in [-0.3, -0.25) is 4.79 Å². The standard InChI is InChI=1S/C19H17ClN2O3/c1-12(19(23)22-17-4-3-9-21-18(17)20)25-16-8-6-13-5-7-15(24-2)10-14(13)11-16/h3-12H,1-2H3,(H,22,23)/t12-/m1/s1. The first-order valence-corrected chi connectivity index (χ1v) is 8.10. The van der Waals surface area contributed by atoms with Crippen LogP contribution in [0.25, 0.3) is 10.8 Å². The van der Waals surface area contributed by atoms with Crippen LogP contribution in [0.4, 0.5) is 5.69 Å². The molecule has 0 aliphatic rings. The SMILES string of the molecule is COc1ccc2ccc(O[C@H](C)C(=O)Nc3cccnc3Cl)cc2c1. The number of rotatable bonds is 5. The van der Waals surface area contributed by atoms with E-state index in [2.05, 4.69) is 10.3 Å². The number of ether oxygens (including phenoxy) is 2. The van der Waals surface area contributed by atoms with Gasteiger partial charge in [-0.25, -0.2) is 4.98 Å². The lowest BCUT2D eigenvalue weighted by atomic mass is 10.1. The molecule has 25 heavy (non-hydrogen) atoms. The molecule has 0 fully saturated rings. The second-order valence-electron chi connectivity index (χ2n) is 5.47. The van der Waals surface area contributed by atoms with Crippen molar-refractivity contribution in [3.05, 3.63) is 59.9 Å². The lowest BCUT2D eigenvalue weighted by Crippen LogP contribution is -2.30. The van der Waals surface area contributed by atoms with Gasteiger partial charge in [-0.05, 0) is 54.1 Å². The van der Waals surface area contributed by atoms with Crippen LogP contribution in [0.15, 0.2) is 54.7 Å². The fourth-order valence-corrected chi connectivity index (χ4v) is 2.54. The first kappa shape index (κ1) is 17.0. The number of aromatic nitrogens is 1. The second kappa shape index (κ2) is 7.40. The van der Waals surface area contributed by atoms with Crippen molar-refractivity contribution in [1.29, 1.82) is 0 Å².